The number of methoxy groups -OCH3 is 1. The predicted octanol–water partition coefficient (Wildman–Crippen LogP) is 3.53. The van der Waals surface area contributed by atoms with Crippen molar-refractivity contribution >= 4 is 0 Å². The molecule has 20 heavy (non-hydrogen) atoms. The fourth-order valence-electron chi connectivity index (χ4n) is 2.38. The third-order valence-corrected chi connectivity index (χ3v) is 3.77. The van der Waals surface area contributed by atoms with Gasteiger partial charge in [0, 0.05) is 19.2 Å². The third kappa shape index (κ3) is 5.51. The molecular weight excluding hydrogens is 250 g/mol. The number of aliphatic hydroxyl groups is 1. The number of rotatable bonds is 9. The topological polar surface area (TPSA) is 41.5 Å². The van der Waals surface area contributed by atoms with Gasteiger partial charge in [-0.2, -0.15) is 0 Å². The second-order valence-corrected chi connectivity index (χ2v) is 6.11. The Morgan fingerprint density at radius 1 is 1.25 bits per heavy atom. The Hall–Kier alpha value is -1.06. The molecule has 0 aliphatic rings. The summed E-state index contributed by atoms with van der Waals surface area (Å²) in [5, 5.41) is 12.6. The fourth-order valence-corrected chi connectivity index (χ4v) is 2.38. The van der Waals surface area contributed by atoms with Crippen molar-refractivity contribution in [3.8, 4) is 5.75 Å². The molecule has 0 heterocycles. The third-order valence-electron chi connectivity index (χ3n) is 3.77. The van der Waals surface area contributed by atoms with Crippen LogP contribution in [0.25, 0.3) is 0 Å². The van der Waals surface area contributed by atoms with Crippen LogP contribution in [0.15, 0.2) is 24.3 Å². The number of hydrogen-bond acceptors (Lipinski definition) is 3. The first kappa shape index (κ1) is 17.0. The minimum Gasteiger partial charge on any atom is -0.497 e. The summed E-state index contributed by atoms with van der Waals surface area (Å²) >= 11 is 0. The van der Waals surface area contributed by atoms with Crippen LogP contribution in [0.4, 0.5) is 0 Å². The van der Waals surface area contributed by atoms with Crippen molar-refractivity contribution in [2.24, 2.45) is 5.41 Å². The number of ether oxygens (including phenoxy) is 1. The number of hydrogen-bond donors (Lipinski definition) is 2. The van der Waals surface area contributed by atoms with Gasteiger partial charge in [-0.25, -0.2) is 0 Å². The first-order valence-corrected chi connectivity index (χ1v) is 7.50. The van der Waals surface area contributed by atoms with Gasteiger partial charge in [0.2, 0.25) is 0 Å². The van der Waals surface area contributed by atoms with E-state index in [1.165, 1.54) is 5.56 Å². The van der Waals surface area contributed by atoms with E-state index in [4.69, 9.17) is 9.84 Å². The summed E-state index contributed by atoms with van der Waals surface area (Å²) in [6, 6.07) is 8.64. The monoisotopic (exact) mass is 279 g/mol. The summed E-state index contributed by atoms with van der Waals surface area (Å²) in [5.41, 5.74) is 1.51. The molecule has 0 aliphatic carbocycles. The number of nitrogens with one attached hydrogen (secondary N) is 1. The maximum atomic E-state index is 8.95. The quantitative estimate of drug-likeness (QED) is 0.726. The lowest BCUT2D eigenvalue weighted by atomic mass is 9.87. The van der Waals surface area contributed by atoms with Crippen molar-refractivity contribution in [2.45, 2.75) is 46.1 Å². The summed E-state index contributed by atoms with van der Waals surface area (Å²) in [4.78, 5) is 0. The van der Waals surface area contributed by atoms with Crippen LogP contribution in [0.5, 0.6) is 5.75 Å². The first-order valence-electron chi connectivity index (χ1n) is 7.50. The smallest absolute Gasteiger partial charge is 0.118 e. The van der Waals surface area contributed by atoms with Crippen LogP contribution in [-0.2, 0) is 0 Å². The van der Waals surface area contributed by atoms with E-state index in [1.807, 2.05) is 12.1 Å². The molecule has 0 saturated heterocycles. The Bertz CT molecular complexity index is 373. The van der Waals surface area contributed by atoms with Crippen LogP contribution < -0.4 is 10.1 Å². The van der Waals surface area contributed by atoms with Crippen LogP contribution in [0.1, 0.15) is 51.6 Å². The van der Waals surface area contributed by atoms with E-state index in [-0.39, 0.29) is 12.0 Å². The highest BCUT2D eigenvalue weighted by atomic mass is 16.5. The van der Waals surface area contributed by atoms with Gasteiger partial charge >= 0.3 is 0 Å². The van der Waals surface area contributed by atoms with Crippen LogP contribution in [0, 0.1) is 5.41 Å². The highest BCUT2D eigenvalue weighted by molar-refractivity contribution is 5.29. The molecule has 1 atom stereocenters. The number of benzene rings is 1. The predicted molar refractivity (Wildman–Crippen MR) is 84.1 cm³/mol. The van der Waals surface area contributed by atoms with Crippen molar-refractivity contribution in [3.63, 3.8) is 0 Å². The Morgan fingerprint density at radius 2 is 1.90 bits per heavy atom. The lowest BCUT2D eigenvalue weighted by molar-refractivity contribution is 0.231. The van der Waals surface area contributed by atoms with Crippen molar-refractivity contribution in [1.82, 2.24) is 5.32 Å². The van der Waals surface area contributed by atoms with Gasteiger partial charge in [-0.05, 0) is 42.4 Å². The van der Waals surface area contributed by atoms with Crippen molar-refractivity contribution in [2.75, 3.05) is 20.3 Å². The zero-order valence-corrected chi connectivity index (χ0v) is 13.3. The van der Waals surface area contributed by atoms with E-state index in [2.05, 4.69) is 38.2 Å². The summed E-state index contributed by atoms with van der Waals surface area (Å²) in [6.45, 7) is 7.92. The minimum atomic E-state index is 0.211. The maximum Gasteiger partial charge on any atom is 0.118 e. The molecule has 114 valence electrons. The molecule has 1 aromatic carbocycles. The Kier molecular flexibility index (Phi) is 7.03. The largest absolute Gasteiger partial charge is 0.497 e. The molecule has 3 heteroatoms. The van der Waals surface area contributed by atoms with E-state index in [9.17, 15) is 0 Å². The van der Waals surface area contributed by atoms with Gasteiger partial charge in [-0.1, -0.05) is 32.9 Å². The average molecular weight is 279 g/mol. The molecule has 1 rings (SSSR count). The van der Waals surface area contributed by atoms with Gasteiger partial charge in [0.1, 0.15) is 5.75 Å². The highest BCUT2D eigenvalue weighted by Crippen LogP contribution is 2.25. The normalized spacial score (nSPS) is 13.2. The Labute approximate surface area is 123 Å². The molecular formula is C17H29NO2. The van der Waals surface area contributed by atoms with Crippen LogP contribution in [0.3, 0.4) is 0 Å². The van der Waals surface area contributed by atoms with Gasteiger partial charge in [-0.15, -0.1) is 0 Å². The SMILES string of the molecule is CCC(NCC(C)(C)CCCO)c1ccc(OC)cc1. The molecule has 0 spiro atoms. The molecule has 3 nitrogen and oxygen atoms in total. The molecule has 1 unspecified atom stereocenters. The standard InChI is InChI=1S/C17H29NO2/c1-5-16(14-7-9-15(20-4)10-8-14)18-13-17(2,3)11-6-12-19/h7-10,16,18-19H,5-6,11-13H2,1-4H3. The summed E-state index contributed by atoms with van der Waals surface area (Å²) in [7, 11) is 1.69. The second kappa shape index (κ2) is 8.28. The van der Waals surface area contributed by atoms with E-state index in [1.54, 1.807) is 7.11 Å². The molecule has 0 amide bonds. The Morgan fingerprint density at radius 3 is 2.40 bits per heavy atom. The average Bonchev–Trinajstić information content (AvgIpc) is 2.46. The van der Waals surface area contributed by atoms with E-state index in [0.717, 1.165) is 31.6 Å². The van der Waals surface area contributed by atoms with Crippen molar-refractivity contribution in [3.05, 3.63) is 29.8 Å². The van der Waals surface area contributed by atoms with E-state index < -0.39 is 0 Å². The second-order valence-electron chi connectivity index (χ2n) is 6.11. The fraction of sp³-hybridized carbons (Fsp3) is 0.647. The van der Waals surface area contributed by atoms with Crippen LogP contribution in [0.2, 0.25) is 0 Å². The maximum absolute atomic E-state index is 8.95. The van der Waals surface area contributed by atoms with Gasteiger partial charge in [-0.3, -0.25) is 0 Å². The van der Waals surface area contributed by atoms with Crippen molar-refractivity contribution in [1.29, 1.82) is 0 Å². The summed E-state index contributed by atoms with van der Waals surface area (Å²) in [6.07, 6.45) is 2.96. The Balaban J connectivity index is 2.57. The zero-order valence-electron chi connectivity index (χ0n) is 13.3. The molecule has 0 aliphatic heterocycles. The van der Waals surface area contributed by atoms with Gasteiger partial charge in [0.25, 0.3) is 0 Å². The minimum absolute atomic E-state index is 0.211. The van der Waals surface area contributed by atoms with Crippen LogP contribution >= 0.6 is 0 Å². The van der Waals surface area contributed by atoms with Crippen LogP contribution in [-0.4, -0.2) is 25.4 Å². The lowest BCUT2D eigenvalue weighted by Crippen LogP contribution is -2.32. The van der Waals surface area contributed by atoms with Gasteiger partial charge in [0.05, 0.1) is 7.11 Å². The summed E-state index contributed by atoms with van der Waals surface area (Å²) in [5.74, 6) is 0.895. The molecule has 0 radical (unpaired) electrons. The van der Waals surface area contributed by atoms with E-state index in [0.29, 0.717) is 6.04 Å². The zero-order chi connectivity index (χ0) is 15.0. The first-order chi connectivity index (χ1) is 9.52. The lowest BCUT2D eigenvalue weighted by Gasteiger charge is -2.28. The van der Waals surface area contributed by atoms with Crippen molar-refractivity contribution < 1.29 is 9.84 Å². The molecule has 0 bridgehead atoms. The molecule has 0 fully saturated rings. The highest BCUT2D eigenvalue weighted by Gasteiger charge is 2.19. The molecule has 2 N–H and O–H groups in total. The molecule has 0 aromatic heterocycles. The van der Waals surface area contributed by atoms with Gasteiger partial charge in [0.15, 0.2) is 0 Å². The molecule has 1 aromatic rings. The summed E-state index contributed by atoms with van der Waals surface area (Å²) < 4.78 is 5.20. The molecule has 0 saturated carbocycles. The van der Waals surface area contributed by atoms with Gasteiger partial charge < -0.3 is 15.2 Å². The van der Waals surface area contributed by atoms with E-state index >= 15 is 0 Å². The number of aliphatic hydroxyl groups excluding tert-OH is 1.